The molecular formula is C18H19N3O2S. The van der Waals surface area contributed by atoms with Gasteiger partial charge in [0.05, 0.1) is 5.39 Å². The van der Waals surface area contributed by atoms with Gasteiger partial charge < -0.3 is 10.4 Å². The lowest BCUT2D eigenvalue weighted by Crippen LogP contribution is -2.10. The van der Waals surface area contributed by atoms with Gasteiger partial charge in [0.2, 0.25) is 0 Å². The van der Waals surface area contributed by atoms with E-state index in [0.717, 1.165) is 11.1 Å². The SMILES string of the molecule is Cc1c(C(=O)O)sc2ncnc(Nc3ccc(C(C)(C)C)cc3)c12. The van der Waals surface area contributed by atoms with Gasteiger partial charge in [0.25, 0.3) is 0 Å². The van der Waals surface area contributed by atoms with E-state index in [9.17, 15) is 9.90 Å². The van der Waals surface area contributed by atoms with E-state index in [-0.39, 0.29) is 5.41 Å². The van der Waals surface area contributed by atoms with Gasteiger partial charge in [-0.2, -0.15) is 0 Å². The third-order valence-corrected chi connectivity index (χ3v) is 5.12. The van der Waals surface area contributed by atoms with Crippen molar-refractivity contribution in [1.29, 1.82) is 0 Å². The Morgan fingerprint density at radius 1 is 1.17 bits per heavy atom. The van der Waals surface area contributed by atoms with Gasteiger partial charge in [0, 0.05) is 5.69 Å². The molecule has 2 aromatic heterocycles. The zero-order chi connectivity index (χ0) is 17.5. The molecule has 0 radical (unpaired) electrons. The third kappa shape index (κ3) is 2.97. The van der Waals surface area contributed by atoms with Crippen molar-refractivity contribution in [1.82, 2.24) is 9.97 Å². The summed E-state index contributed by atoms with van der Waals surface area (Å²) in [6.07, 6.45) is 1.45. The Morgan fingerprint density at radius 3 is 2.42 bits per heavy atom. The van der Waals surface area contributed by atoms with Crippen LogP contribution in [0.5, 0.6) is 0 Å². The van der Waals surface area contributed by atoms with Crippen molar-refractivity contribution in [3.8, 4) is 0 Å². The summed E-state index contributed by atoms with van der Waals surface area (Å²) in [7, 11) is 0. The van der Waals surface area contributed by atoms with Crippen LogP contribution in [0.3, 0.4) is 0 Å². The summed E-state index contributed by atoms with van der Waals surface area (Å²) in [5.41, 5.74) is 2.95. The highest BCUT2D eigenvalue weighted by atomic mass is 32.1. The molecule has 0 bridgehead atoms. The number of hydrogen-bond donors (Lipinski definition) is 2. The van der Waals surface area contributed by atoms with Crippen LogP contribution in [0.4, 0.5) is 11.5 Å². The lowest BCUT2D eigenvalue weighted by atomic mass is 9.87. The predicted molar refractivity (Wildman–Crippen MR) is 97.5 cm³/mol. The highest BCUT2D eigenvalue weighted by molar-refractivity contribution is 7.20. The summed E-state index contributed by atoms with van der Waals surface area (Å²) in [4.78, 5) is 20.8. The number of hydrogen-bond acceptors (Lipinski definition) is 5. The second-order valence-electron chi connectivity index (χ2n) is 6.72. The molecule has 24 heavy (non-hydrogen) atoms. The second kappa shape index (κ2) is 5.87. The van der Waals surface area contributed by atoms with Crippen LogP contribution in [0.25, 0.3) is 10.2 Å². The Balaban J connectivity index is 2.00. The number of aryl methyl sites for hydroxylation is 1. The van der Waals surface area contributed by atoms with Crippen molar-refractivity contribution >= 4 is 39.0 Å². The van der Waals surface area contributed by atoms with E-state index < -0.39 is 5.97 Å². The second-order valence-corrected chi connectivity index (χ2v) is 7.72. The molecule has 6 heteroatoms. The summed E-state index contributed by atoms with van der Waals surface area (Å²) in [5, 5.41) is 13.3. The van der Waals surface area contributed by atoms with Gasteiger partial charge in [-0.3, -0.25) is 0 Å². The number of aromatic nitrogens is 2. The fourth-order valence-corrected chi connectivity index (χ4v) is 3.55. The molecule has 0 atom stereocenters. The Morgan fingerprint density at radius 2 is 1.83 bits per heavy atom. The minimum atomic E-state index is -0.934. The minimum Gasteiger partial charge on any atom is -0.477 e. The average Bonchev–Trinajstić information content (AvgIpc) is 2.85. The van der Waals surface area contributed by atoms with Crippen molar-refractivity contribution in [3.05, 3.63) is 46.6 Å². The van der Waals surface area contributed by atoms with Gasteiger partial charge in [-0.1, -0.05) is 32.9 Å². The van der Waals surface area contributed by atoms with Crippen molar-refractivity contribution in [2.75, 3.05) is 5.32 Å². The quantitative estimate of drug-likeness (QED) is 0.720. The number of benzene rings is 1. The lowest BCUT2D eigenvalue weighted by molar-refractivity contribution is 0.0701. The molecule has 0 unspecified atom stereocenters. The summed E-state index contributed by atoms with van der Waals surface area (Å²) >= 11 is 1.17. The molecule has 2 N–H and O–H groups in total. The molecule has 0 aliphatic carbocycles. The van der Waals surface area contributed by atoms with Crippen LogP contribution in [-0.4, -0.2) is 21.0 Å². The zero-order valence-corrected chi connectivity index (χ0v) is 14.9. The number of carboxylic acids is 1. The number of anilines is 2. The van der Waals surface area contributed by atoms with Crippen molar-refractivity contribution in [3.63, 3.8) is 0 Å². The number of carboxylic acid groups (broad SMARTS) is 1. The topological polar surface area (TPSA) is 75.1 Å². The Labute approximate surface area is 144 Å². The molecule has 0 aliphatic heterocycles. The van der Waals surface area contributed by atoms with Gasteiger partial charge in [0.15, 0.2) is 0 Å². The van der Waals surface area contributed by atoms with E-state index in [1.54, 1.807) is 6.92 Å². The fraction of sp³-hybridized carbons (Fsp3) is 0.278. The molecule has 3 rings (SSSR count). The summed E-state index contributed by atoms with van der Waals surface area (Å²) in [5.74, 6) is -0.305. The van der Waals surface area contributed by atoms with Crippen LogP contribution < -0.4 is 5.32 Å². The zero-order valence-electron chi connectivity index (χ0n) is 14.0. The predicted octanol–water partition coefficient (Wildman–Crippen LogP) is 4.74. The molecule has 0 saturated heterocycles. The Bertz CT molecular complexity index is 908. The third-order valence-electron chi connectivity index (χ3n) is 3.93. The van der Waals surface area contributed by atoms with Gasteiger partial charge in [0.1, 0.15) is 21.9 Å². The minimum absolute atomic E-state index is 0.0983. The molecule has 1 aromatic carbocycles. The van der Waals surface area contributed by atoms with Crippen molar-refractivity contribution in [2.45, 2.75) is 33.1 Å². The molecule has 2 heterocycles. The molecule has 3 aromatic rings. The number of fused-ring (bicyclic) bond motifs is 1. The standard InChI is InChI=1S/C18H19N3O2S/c1-10-13-15(19-9-20-16(13)24-14(10)17(22)23)21-12-7-5-11(6-8-12)18(2,3)4/h5-9H,1-4H3,(H,22,23)(H,19,20,21). The molecule has 0 aliphatic rings. The highest BCUT2D eigenvalue weighted by Gasteiger charge is 2.19. The van der Waals surface area contributed by atoms with Gasteiger partial charge in [-0.25, -0.2) is 14.8 Å². The molecule has 0 saturated carbocycles. The van der Waals surface area contributed by atoms with Crippen LogP contribution in [0.2, 0.25) is 0 Å². The van der Waals surface area contributed by atoms with E-state index in [0.29, 0.717) is 21.1 Å². The number of thiophene rings is 1. The molecule has 0 amide bonds. The van der Waals surface area contributed by atoms with Gasteiger partial charge in [-0.05, 0) is 35.6 Å². The highest BCUT2D eigenvalue weighted by Crippen LogP contribution is 2.34. The number of aromatic carboxylic acids is 1. The van der Waals surface area contributed by atoms with E-state index >= 15 is 0 Å². The lowest BCUT2D eigenvalue weighted by Gasteiger charge is -2.19. The van der Waals surface area contributed by atoms with Crippen molar-refractivity contribution in [2.24, 2.45) is 0 Å². The molecule has 124 valence electrons. The first-order valence-electron chi connectivity index (χ1n) is 7.62. The Kier molecular flexibility index (Phi) is 4.01. The number of carbonyl (C=O) groups is 1. The van der Waals surface area contributed by atoms with Crippen LogP contribution in [0.15, 0.2) is 30.6 Å². The fourth-order valence-electron chi connectivity index (χ4n) is 2.56. The normalized spacial score (nSPS) is 11.7. The maximum atomic E-state index is 11.3. The van der Waals surface area contributed by atoms with E-state index in [1.807, 2.05) is 12.1 Å². The first-order valence-corrected chi connectivity index (χ1v) is 8.44. The van der Waals surface area contributed by atoms with E-state index in [4.69, 9.17) is 0 Å². The maximum Gasteiger partial charge on any atom is 0.346 e. The first kappa shape index (κ1) is 16.4. The van der Waals surface area contributed by atoms with E-state index in [2.05, 4.69) is 48.2 Å². The van der Waals surface area contributed by atoms with Crippen LogP contribution in [-0.2, 0) is 5.41 Å². The largest absolute Gasteiger partial charge is 0.477 e. The smallest absolute Gasteiger partial charge is 0.346 e. The van der Waals surface area contributed by atoms with Crippen LogP contribution in [0, 0.1) is 6.92 Å². The average molecular weight is 341 g/mol. The van der Waals surface area contributed by atoms with E-state index in [1.165, 1.54) is 23.2 Å². The molecule has 0 fully saturated rings. The summed E-state index contributed by atoms with van der Waals surface area (Å²) < 4.78 is 0. The number of rotatable bonds is 3. The van der Waals surface area contributed by atoms with Crippen LogP contribution >= 0.6 is 11.3 Å². The van der Waals surface area contributed by atoms with Crippen LogP contribution in [0.1, 0.15) is 41.6 Å². The number of nitrogens with one attached hydrogen (secondary N) is 1. The Hall–Kier alpha value is -2.47. The molecule has 5 nitrogen and oxygen atoms in total. The van der Waals surface area contributed by atoms with Crippen molar-refractivity contribution < 1.29 is 9.90 Å². The summed E-state index contributed by atoms with van der Waals surface area (Å²) in [6, 6.07) is 8.19. The first-order chi connectivity index (χ1) is 11.3. The number of nitrogens with zero attached hydrogens (tertiary/aromatic N) is 2. The van der Waals surface area contributed by atoms with Gasteiger partial charge in [-0.15, -0.1) is 11.3 Å². The summed E-state index contributed by atoms with van der Waals surface area (Å²) in [6.45, 7) is 8.31. The monoisotopic (exact) mass is 341 g/mol. The molecule has 0 spiro atoms. The molecular weight excluding hydrogens is 322 g/mol. The van der Waals surface area contributed by atoms with Gasteiger partial charge >= 0.3 is 5.97 Å². The maximum absolute atomic E-state index is 11.3.